The summed E-state index contributed by atoms with van der Waals surface area (Å²) in [5, 5.41) is 3.00. The van der Waals surface area contributed by atoms with Gasteiger partial charge < -0.3 is 14.8 Å². The van der Waals surface area contributed by atoms with Crippen molar-refractivity contribution in [1.82, 2.24) is 24.7 Å². The number of rotatable bonds is 7. The van der Waals surface area contributed by atoms with Crippen LogP contribution in [0.2, 0.25) is 0 Å². The second-order valence-electron chi connectivity index (χ2n) is 8.18. The van der Waals surface area contributed by atoms with Gasteiger partial charge in [0.05, 0.1) is 12.6 Å². The molecule has 0 saturated carbocycles. The van der Waals surface area contributed by atoms with Gasteiger partial charge in [0.1, 0.15) is 11.6 Å². The van der Waals surface area contributed by atoms with E-state index in [9.17, 15) is 9.18 Å². The number of imidazole rings is 1. The van der Waals surface area contributed by atoms with Crippen molar-refractivity contribution >= 4 is 6.03 Å². The first-order valence-corrected chi connectivity index (χ1v) is 9.79. The van der Waals surface area contributed by atoms with E-state index in [1.165, 1.54) is 12.1 Å². The van der Waals surface area contributed by atoms with Crippen molar-refractivity contribution in [1.29, 1.82) is 0 Å². The Kier molecular flexibility index (Phi) is 6.23. The molecule has 0 aliphatic carbocycles. The highest BCUT2D eigenvalue weighted by molar-refractivity contribution is 5.76. The minimum absolute atomic E-state index is 0.0948. The molecule has 7 heteroatoms. The standard InChI is InChI=1S/C22H28FN5O/c1-5-13-26(4)14-6-11-25-21(29)28-16-22(2,3)19(28)20-24-12-15-27(20)18-9-7-17(23)8-10-18/h1,7-10,12,15,19H,6,11,13-14,16H2,2-4H3,(H,25,29). The normalized spacial score (nSPS) is 17.7. The Morgan fingerprint density at radius 3 is 2.79 bits per heavy atom. The van der Waals surface area contributed by atoms with Crippen LogP contribution in [0.1, 0.15) is 32.1 Å². The number of urea groups is 1. The number of amides is 2. The van der Waals surface area contributed by atoms with Gasteiger partial charge in [0, 0.05) is 43.1 Å². The van der Waals surface area contributed by atoms with Crippen LogP contribution in [-0.2, 0) is 0 Å². The van der Waals surface area contributed by atoms with E-state index in [2.05, 4.69) is 30.1 Å². The molecule has 1 N–H and O–H groups in total. The lowest BCUT2D eigenvalue weighted by Crippen LogP contribution is -2.61. The van der Waals surface area contributed by atoms with Gasteiger partial charge in [0.25, 0.3) is 0 Å². The molecule has 3 rings (SSSR count). The molecule has 0 radical (unpaired) electrons. The molecule has 0 bridgehead atoms. The first kappa shape index (κ1) is 20.9. The molecule has 1 unspecified atom stereocenters. The summed E-state index contributed by atoms with van der Waals surface area (Å²) in [6.45, 7) is 6.91. The van der Waals surface area contributed by atoms with E-state index < -0.39 is 0 Å². The molecular weight excluding hydrogens is 369 g/mol. The number of benzene rings is 1. The van der Waals surface area contributed by atoms with Gasteiger partial charge in [0.2, 0.25) is 0 Å². The first-order chi connectivity index (χ1) is 13.8. The number of hydrogen-bond acceptors (Lipinski definition) is 3. The molecule has 2 aromatic rings. The molecule has 1 saturated heterocycles. The number of likely N-dealkylation sites (tertiary alicyclic amines) is 1. The topological polar surface area (TPSA) is 53.4 Å². The highest BCUT2D eigenvalue weighted by atomic mass is 19.1. The number of aromatic nitrogens is 2. The number of hydrogen-bond donors (Lipinski definition) is 1. The number of nitrogens with one attached hydrogen (secondary N) is 1. The van der Waals surface area contributed by atoms with Crippen molar-refractivity contribution in [3.63, 3.8) is 0 Å². The van der Waals surface area contributed by atoms with Crippen LogP contribution >= 0.6 is 0 Å². The van der Waals surface area contributed by atoms with Gasteiger partial charge in [-0.25, -0.2) is 14.2 Å². The Bertz CT molecular complexity index is 883. The second kappa shape index (κ2) is 8.66. The lowest BCUT2D eigenvalue weighted by Gasteiger charge is -2.53. The number of carbonyl (C=O) groups excluding carboxylic acids is 1. The number of terminal acetylenes is 1. The Balaban J connectivity index is 1.67. The Labute approximate surface area is 171 Å². The minimum atomic E-state index is -0.284. The molecule has 0 spiro atoms. The molecule has 154 valence electrons. The van der Waals surface area contributed by atoms with E-state index in [1.807, 2.05) is 27.6 Å². The van der Waals surface area contributed by atoms with Crippen LogP contribution in [0.4, 0.5) is 9.18 Å². The lowest BCUT2D eigenvalue weighted by atomic mass is 9.74. The summed E-state index contributed by atoms with van der Waals surface area (Å²) >= 11 is 0. The first-order valence-electron chi connectivity index (χ1n) is 9.79. The van der Waals surface area contributed by atoms with Gasteiger partial charge in [-0.1, -0.05) is 19.8 Å². The lowest BCUT2D eigenvalue weighted by molar-refractivity contribution is -0.0222. The summed E-state index contributed by atoms with van der Waals surface area (Å²) in [4.78, 5) is 21.1. The molecule has 1 aromatic carbocycles. The van der Waals surface area contributed by atoms with E-state index in [0.717, 1.165) is 24.5 Å². The predicted octanol–water partition coefficient (Wildman–Crippen LogP) is 3.06. The van der Waals surface area contributed by atoms with E-state index in [4.69, 9.17) is 6.42 Å². The highest BCUT2D eigenvalue weighted by Crippen LogP contribution is 2.48. The largest absolute Gasteiger partial charge is 0.338 e. The summed E-state index contributed by atoms with van der Waals surface area (Å²) < 4.78 is 15.2. The average Bonchev–Trinajstić information content (AvgIpc) is 3.12. The summed E-state index contributed by atoms with van der Waals surface area (Å²) in [7, 11) is 1.96. The van der Waals surface area contributed by atoms with Crippen LogP contribution in [-0.4, -0.2) is 58.6 Å². The van der Waals surface area contributed by atoms with Crippen LogP contribution in [0.3, 0.4) is 0 Å². The number of nitrogens with zero attached hydrogens (tertiary/aromatic N) is 4. The smallest absolute Gasteiger partial charge is 0.318 e. The molecule has 1 fully saturated rings. The fraction of sp³-hybridized carbons (Fsp3) is 0.455. The third kappa shape index (κ3) is 4.60. The zero-order valence-corrected chi connectivity index (χ0v) is 17.2. The zero-order chi connectivity index (χ0) is 21.0. The van der Waals surface area contributed by atoms with Crippen LogP contribution in [0.15, 0.2) is 36.7 Å². The van der Waals surface area contributed by atoms with Crippen LogP contribution < -0.4 is 5.32 Å². The molecule has 1 aliphatic heterocycles. The zero-order valence-electron chi connectivity index (χ0n) is 17.2. The fourth-order valence-corrected chi connectivity index (χ4v) is 3.82. The quantitative estimate of drug-likeness (QED) is 0.577. The summed E-state index contributed by atoms with van der Waals surface area (Å²) in [6, 6.07) is 6.01. The number of carbonyl (C=O) groups is 1. The van der Waals surface area contributed by atoms with Crippen molar-refractivity contribution in [2.45, 2.75) is 26.3 Å². The van der Waals surface area contributed by atoms with Crippen molar-refractivity contribution in [2.24, 2.45) is 5.41 Å². The maximum absolute atomic E-state index is 13.3. The molecule has 1 atom stereocenters. The molecule has 29 heavy (non-hydrogen) atoms. The van der Waals surface area contributed by atoms with E-state index >= 15 is 0 Å². The van der Waals surface area contributed by atoms with E-state index in [-0.39, 0.29) is 23.3 Å². The van der Waals surface area contributed by atoms with Crippen molar-refractivity contribution in [2.75, 3.05) is 33.2 Å². The van der Waals surface area contributed by atoms with Gasteiger partial charge in [-0.15, -0.1) is 6.42 Å². The predicted molar refractivity (Wildman–Crippen MR) is 111 cm³/mol. The van der Waals surface area contributed by atoms with Gasteiger partial charge in [-0.2, -0.15) is 0 Å². The monoisotopic (exact) mass is 397 g/mol. The summed E-state index contributed by atoms with van der Waals surface area (Å²) in [5.74, 6) is 3.10. The summed E-state index contributed by atoms with van der Waals surface area (Å²) in [6.07, 6.45) is 9.69. The Hall–Kier alpha value is -2.85. The fourth-order valence-electron chi connectivity index (χ4n) is 3.82. The van der Waals surface area contributed by atoms with Gasteiger partial charge in [-0.3, -0.25) is 4.90 Å². The van der Waals surface area contributed by atoms with E-state index in [1.54, 1.807) is 18.3 Å². The Morgan fingerprint density at radius 1 is 1.41 bits per heavy atom. The molecule has 6 nitrogen and oxygen atoms in total. The minimum Gasteiger partial charge on any atom is -0.338 e. The van der Waals surface area contributed by atoms with Crippen molar-refractivity contribution in [3.05, 3.63) is 48.3 Å². The molecule has 1 aliphatic rings. The van der Waals surface area contributed by atoms with Crippen LogP contribution in [0, 0.1) is 23.6 Å². The maximum Gasteiger partial charge on any atom is 0.318 e. The second-order valence-corrected chi connectivity index (χ2v) is 8.18. The van der Waals surface area contributed by atoms with Crippen molar-refractivity contribution < 1.29 is 9.18 Å². The van der Waals surface area contributed by atoms with Crippen LogP contribution in [0.5, 0.6) is 0 Å². The van der Waals surface area contributed by atoms with E-state index in [0.29, 0.717) is 19.6 Å². The van der Waals surface area contributed by atoms with Crippen molar-refractivity contribution in [3.8, 4) is 18.0 Å². The molecule has 2 amide bonds. The molecule has 2 heterocycles. The highest BCUT2D eigenvalue weighted by Gasteiger charge is 2.51. The SMILES string of the molecule is C#CCN(C)CCCNC(=O)N1CC(C)(C)C1c1nccn1-c1ccc(F)cc1. The van der Waals surface area contributed by atoms with Crippen LogP contribution in [0.25, 0.3) is 5.69 Å². The molecule has 1 aromatic heterocycles. The number of halogens is 1. The third-order valence-corrected chi connectivity index (χ3v) is 5.26. The Morgan fingerprint density at radius 2 is 2.14 bits per heavy atom. The average molecular weight is 397 g/mol. The van der Waals surface area contributed by atoms with Gasteiger partial charge >= 0.3 is 6.03 Å². The maximum atomic E-state index is 13.3. The van der Waals surface area contributed by atoms with Gasteiger partial charge in [-0.05, 0) is 37.7 Å². The third-order valence-electron chi connectivity index (χ3n) is 5.26. The molecular formula is C22H28FN5O. The summed E-state index contributed by atoms with van der Waals surface area (Å²) in [5.41, 5.74) is 0.714. The van der Waals surface area contributed by atoms with Gasteiger partial charge in [0.15, 0.2) is 0 Å².